The second kappa shape index (κ2) is 4.51. The summed E-state index contributed by atoms with van der Waals surface area (Å²) >= 11 is 0. The third kappa shape index (κ3) is 2.00. The van der Waals surface area contributed by atoms with Gasteiger partial charge in [-0.2, -0.15) is 0 Å². The van der Waals surface area contributed by atoms with Crippen molar-refractivity contribution in [1.29, 1.82) is 0 Å². The van der Waals surface area contributed by atoms with Crippen LogP contribution in [0.25, 0.3) is 0 Å². The lowest BCUT2D eigenvalue weighted by Crippen LogP contribution is -2.61. The van der Waals surface area contributed by atoms with Crippen molar-refractivity contribution in [3.8, 4) is 0 Å². The van der Waals surface area contributed by atoms with Crippen LogP contribution in [-0.2, 0) is 0 Å². The number of hydrogen-bond donors (Lipinski definition) is 1. The Bertz CT molecular complexity index is 115. The fraction of sp³-hybridized carbons (Fsp3) is 1.00. The summed E-state index contributed by atoms with van der Waals surface area (Å²) in [7, 11) is 2.23. The molecule has 1 saturated heterocycles. The summed E-state index contributed by atoms with van der Waals surface area (Å²) in [4.78, 5) is 2.48. The molecule has 0 amide bonds. The van der Waals surface area contributed by atoms with Gasteiger partial charge in [-0.05, 0) is 19.9 Å². The van der Waals surface area contributed by atoms with E-state index >= 15 is 0 Å². The Morgan fingerprint density at radius 3 is 2.36 bits per heavy atom. The summed E-state index contributed by atoms with van der Waals surface area (Å²) in [6.45, 7) is 2.43. The highest BCUT2D eigenvalue weighted by Gasteiger charge is 2.35. The molecule has 4 heteroatoms. The van der Waals surface area contributed by atoms with E-state index in [9.17, 15) is 0 Å². The fourth-order valence-corrected chi connectivity index (χ4v) is 1.84. The van der Waals surface area contributed by atoms with Crippen molar-refractivity contribution in [2.75, 3.05) is 20.1 Å². The van der Waals surface area contributed by atoms with E-state index in [0.717, 1.165) is 12.1 Å². The SMILES string of the molecule is CN1CCN[C@@H]2CC[C@@H]21.Cl.Cl. The van der Waals surface area contributed by atoms with Gasteiger partial charge < -0.3 is 10.2 Å². The minimum Gasteiger partial charge on any atom is -0.311 e. The molecule has 2 nitrogen and oxygen atoms in total. The number of likely N-dealkylation sites (N-methyl/N-ethyl adjacent to an activating group) is 1. The minimum absolute atomic E-state index is 0. The van der Waals surface area contributed by atoms with Crippen molar-refractivity contribution in [3.05, 3.63) is 0 Å². The molecule has 1 aliphatic heterocycles. The van der Waals surface area contributed by atoms with Gasteiger partial charge in [0.25, 0.3) is 0 Å². The van der Waals surface area contributed by atoms with Crippen LogP contribution < -0.4 is 5.32 Å². The van der Waals surface area contributed by atoms with Crippen LogP contribution in [0.3, 0.4) is 0 Å². The average Bonchev–Trinajstić information content (AvgIpc) is 1.74. The Balaban J connectivity index is 0.000000500. The predicted octanol–water partition coefficient (Wildman–Crippen LogP) is 0.896. The molecule has 1 heterocycles. The van der Waals surface area contributed by atoms with Gasteiger partial charge in [0, 0.05) is 25.2 Å². The van der Waals surface area contributed by atoms with Crippen LogP contribution in [0.15, 0.2) is 0 Å². The summed E-state index contributed by atoms with van der Waals surface area (Å²) in [6.07, 6.45) is 2.81. The zero-order chi connectivity index (χ0) is 6.27. The van der Waals surface area contributed by atoms with Crippen molar-refractivity contribution in [1.82, 2.24) is 10.2 Å². The molecule has 2 aliphatic rings. The van der Waals surface area contributed by atoms with Gasteiger partial charge in [-0.1, -0.05) is 0 Å². The number of halogens is 2. The third-order valence-corrected chi connectivity index (χ3v) is 2.68. The molecule has 68 valence electrons. The van der Waals surface area contributed by atoms with Gasteiger partial charge in [-0.3, -0.25) is 0 Å². The molecule has 2 fully saturated rings. The first-order chi connectivity index (χ1) is 4.38. The highest BCUT2D eigenvalue weighted by atomic mass is 35.5. The van der Waals surface area contributed by atoms with E-state index < -0.39 is 0 Å². The molecular weight excluding hydrogens is 183 g/mol. The zero-order valence-corrected chi connectivity index (χ0v) is 8.38. The molecule has 0 unspecified atom stereocenters. The number of hydrogen-bond acceptors (Lipinski definition) is 2. The lowest BCUT2D eigenvalue weighted by molar-refractivity contribution is 0.0750. The summed E-state index contributed by atoms with van der Waals surface area (Å²) in [5, 5.41) is 3.51. The molecule has 0 radical (unpaired) electrons. The first kappa shape index (κ1) is 11.5. The first-order valence-electron chi connectivity index (χ1n) is 3.81. The smallest absolute Gasteiger partial charge is 0.0247 e. The normalized spacial score (nSPS) is 35.7. The van der Waals surface area contributed by atoms with Crippen LogP contribution in [0.4, 0.5) is 0 Å². The van der Waals surface area contributed by atoms with Crippen LogP contribution in [0.2, 0.25) is 0 Å². The number of rotatable bonds is 0. The molecule has 0 aromatic carbocycles. The summed E-state index contributed by atoms with van der Waals surface area (Å²) in [6, 6.07) is 1.71. The van der Waals surface area contributed by atoms with Gasteiger partial charge in [-0.15, -0.1) is 24.8 Å². The largest absolute Gasteiger partial charge is 0.311 e. The second-order valence-corrected chi connectivity index (χ2v) is 3.19. The number of piperazine rings is 1. The van der Waals surface area contributed by atoms with E-state index in [1.165, 1.54) is 25.9 Å². The zero-order valence-electron chi connectivity index (χ0n) is 6.75. The molecule has 2 rings (SSSR count). The van der Waals surface area contributed by atoms with Crippen LogP contribution in [-0.4, -0.2) is 37.1 Å². The van der Waals surface area contributed by atoms with Gasteiger partial charge in [0.05, 0.1) is 0 Å². The molecule has 0 bridgehead atoms. The number of nitrogens with one attached hydrogen (secondary N) is 1. The maximum atomic E-state index is 3.51. The second-order valence-electron chi connectivity index (χ2n) is 3.19. The fourth-order valence-electron chi connectivity index (χ4n) is 1.84. The average molecular weight is 199 g/mol. The van der Waals surface area contributed by atoms with Crippen molar-refractivity contribution >= 4 is 24.8 Å². The summed E-state index contributed by atoms with van der Waals surface area (Å²) < 4.78 is 0. The van der Waals surface area contributed by atoms with Crippen LogP contribution >= 0.6 is 24.8 Å². The van der Waals surface area contributed by atoms with E-state index in [2.05, 4.69) is 17.3 Å². The molecule has 0 aromatic rings. The minimum atomic E-state index is 0. The molecule has 0 aromatic heterocycles. The van der Waals surface area contributed by atoms with Crippen molar-refractivity contribution in [2.45, 2.75) is 24.9 Å². The maximum Gasteiger partial charge on any atom is 0.0247 e. The monoisotopic (exact) mass is 198 g/mol. The van der Waals surface area contributed by atoms with Gasteiger partial charge in [0.1, 0.15) is 0 Å². The Labute approximate surface area is 80.5 Å². The van der Waals surface area contributed by atoms with E-state index in [4.69, 9.17) is 0 Å². The topological polar surface area (TPSA) is 15.3 Å². The number of fused-ring (bicyclic) bond motifs is 1. The van der Waals surface area contributed by atoms with E-state index in [1.807, 2.05) is 0 Å². The van der Waals surface area contributed by atoms with Gasteiger partial charge in [-0.25, -0.2) is 0 Å². The van der Waals surface area contributed by atoms with Crippen molar-refractivity contribution < 1.29 is 0 Å². The third-order valence-electron chi connectivity index (χ3n) is 2.68. The van der Waals surface area contributed by atoms with Crippen molar-refractivity contribution in [3.63, 3.8) is 0 Å². The molecular formula is C7H16Cl2N2. The predicted molar refractivity (Wildman–Crippen MR) is 51.9 cm³/mol. The molecule has 1 saturated carbocycles. The Hall–Kier alpha value is 0.500. The molecule has 1 N–H and O–H groups in total. The molecule has 0 spiro atoms. The van der Waals surface area contributed by atoms with Crippen LogP contribution in [0, 0.1) is 0 Å². The highest BCUT2D eigenvalue weighted by molar-refractivity contribution is 5.85. The van der Waals surface area contributed by atoms with Gasteiger partial charge in [0.15, 0.2) is 0 Å². The highest BCUT2D eigenvalue weighted by Crippen LogP contribution is 2.26. The first-order valence-corrected chi connectivity index (χ1v) is 3.81. The van der Waals surface area contributed by atoms with E-state index in [1.54, 1.807) is 0 Å². The van der Waals surface area contributed by atoms with Gasteiger partial charge in [0.2, 0.25) is 0 Å². The van der Waals surface area contributed by atoms with Gasteiger partial charge >= 0.3 is 0 Å². The Morgan fingerprint density at radius 2 is 2.00 bits per heavy atom. The van der Waals surface area contributed by atoms with Crippen molar-refractivity contribution in [2.24, 2.45) is 0 Å². The number of nitrogens with zero attached hydrogens (tertiary/aromatic N) is 1. The van der Waals surface area contributed by atoms with Crippen LogP contribution in [0.5, 0.6) is 0 Å². The Morgan fingerprint density at radius 1 is 1.27 bits per heavy atom. The lowest BCUT2D eigenvalue weighted by Gasteiger charge is -2.47. The maximum absolute atomic E-state index is 3.51. The quantitative estimate of drug-likeness (QED) is 0.623. The molecule has 2 atom stereocenters. The van der Waals surface area contributed by atoms with Crippen LogP contribution in [0.1, 0.15) is 12.8 Å². The van der Waals surface area contributed by atoms with E-state index in [-0.39, 0.29) is 24.8 Å². The Kier molecular flexibility index (Phi) is 4.71. The lowest BCUT2D eigenvalue weighted by atomic mass is 9.84. The summed E-state index contributed by atoms with van der Waals surface area (Å²) in [5.74, 6) is 0. The standard InChI is InChI=1S/C7H14N2.2ClH/c1-9-5-4-8-6-2-3-7(6)9;;/h6-8H,2-5H2,1H3;2*1H/t6-,7+;;/m1../s1. The molecule has 11 heavy (non-hydrogen) atoms. The van der Waals surface area contributed by atoms with E-state index in [0.29, 0.717) is 0 Å². The summed E-state index contributed by atoms with van der Waals surface area (Å²) in [5.41, 5.74) is 0. The molecule has 1 aliphatic carbocycles.